The molecule has 4 aromatic rings. The maximum atomic E-state index is 12.1. The number of benzene rings is 3. The van der Waals surface area contributed by atoms with Crippen LogP contribution in [0.1, 0.15) is 56.8 Å². The summed E-state index contributed by atoms with van der Waals surface area (Å²) >= 11 is 13.4. The Labute approximate surface area is 305 Å². The molecule has 0 saturated carbocycles. The van der Waals surface area contributed by atoms with Gasteiger partial charge in [-0.05, 0) is 93.5 Å². The Morgan fingerprint density at radius 2 is 1.74 bits per heavy atom. The number of allylic oxidation sites excluding steroid dienone is 2. The third-order valence-electron chi connectivity index (χ3n) is 8.43. The lowest BCUT2D eigenvalue weighted by Gasteiger charge is -2.22. The van der Waals surface area contributed by atoms with Crippen molar-refractivity contribution in [2.75, 3.05) is 44.2 Å². The van der Waals surface area contributed by atoms with Crippen LogP contribution < -0.4 is 26.2 Å². The number of carbonyl (C=O) groups is 2. The smallest absolute Gasteiger partial charge is 0.207 e. The summed E-state index contributed by atoms with van der Waals surface area (Å²) in [5.41, 5.74) is 10.6. The number of aromatic nitrogens is 2. The van der Waals surface area contributed by atoms with Gasteiger partial charge in [-0.2, -0.15) is 5.10 Å². The van der Waals surface area contributed by atoms with E-state index in [0.29, 0.717) is 56.0 Å². The molecule has 0 radical (unpaired) electrons. The predicted molar refractivity (Wildman–Crippen MR) is 206 cm³/mol. The van der Waals surface area contributed by atoms with Crippen molar-refractivity contribution in [2.24, 2.45) is 12.9 Å². The topological polar surface area (TPSA) is 135 Å². The van der Waals surface area contributed by atoms with Gasteiger partial charge < -0.3 is 25.5 Å². The monoisotopic (exact) mass is 722 g/mol. The maximum absolute atomic E-state index is 12.1. The molecule has 4 rings (SSSR count). The van der Waals surface area contributed by atoms with Gasteiger partial charge in [-0.25, -0.2) is 5.84 Å². The number of nitrogens with two attached hydrogens (primary N) is 1. The van der Waals surface area contributed by atoms with Crippen molar-refractivity contribution < 1.29 is 19.4 Å². The van der Waals surface area contributed by atoms with Gasteiger partial charge in [0.1, 0.15) is 12.0 Å². The SMILES string of the molecule is CO.Cc1cc(OCCC/C(=C\Cc2c(C=O)cccc2N(C)N)c2ccc(Cl)c(-c3c(C)nn(C)c3C)c2NCCNC=O)cc(C)c1Cl. The van der Waals surface area contributed by atoms with E-state index in [0.717, 1.165) is 85.9 Å². The fourth-order valence-electron chi connectivity index (χ4n) is 6.00. The highest BCUT2D eigenvalue weighted by atomic mass is 35.5. The number of aryl methyl sites for hydroxylation is 4. The Morgan fingerprint density at radius 1 is 1.04 bits per heavy atom. The molecule has 0 saturated heterocycles. The normalized spacial score (nSPS) is 11.1. The first-order valence-electron chi connectivity index (χ1n) is 16.3. The Balaban J connectivity index is 0.00000332. The van der Waals surface area contributed by atoms with Gasteiger partial charge in [0.25, 0.3) is 0 Å². The van der Waals surface area contributed by atoms with Crippen LogP contribution >= 0.6 is 23.2 Å². The molecule has 1 heterocycles. The summed E-state index contributed by atoms with van der Waals surface area (Å²) in [6.07, 6.45) is 5.53. The van der Waals surface area contributed by atoms with Crippen LogP contribution in [0.2, 0.25) is 10.0 Å². The number of ether oxygens (including phenoxy) is 1. The van der Waals surface area contributed by atoms with Crippen molar-refractivity contribution in [1.82, 2.24) is 15.1 Å². The number of anilines is 2. The van der Waals surface area contributed by atoms with E-state index in [4.69, 9.17) is 38.9 Å². The zero-order valence-corrected chi connectivity index (χ0v) is 31.4. The minimum atomic E-state index is 0.422. The highest BCUT2D eigenvalue weighted by Crippen LogP contribution is 2.43. The summed E-state index contributed by atoms with van der Waals surface area (Å²) in [5, 5.41) is 20.8. The fourth-order valence-corrected chi connectivity index (χ4v) is 6.36. The molecule has 50 heavy (non-hydrogen) atoms. The average molecular weight is 724 g/mol. The molecule has 10 nitrogen and oxygen atoms in total. The number of nitrogens with zero attached hydrogens (tertiary/aromatic N) is 3. The van der Waals surface area contributed by atoms with Crippen LogP contribution in [0.4, 0.5) is 11.4 Å². The van der Waals surface area contributed by atoms with Crippen molar-refractivity contribution in [1.29, 1.82) is 0 Å². The summed E-state index contributed by atoms with van der Waals surface area (Å²) in [4.78, 5) is 23.1. The number of hydrogen-bond acceptors (Lipinski definition) is 8. The summed E-state index contributed by atoms with van der Waals surface area (Å²) < 4.78 is 8.03. The Kier molecular flexibility index (Phi) is 15.4. The number of nitrogens with one attached hydrogen (secondary N) is 2. The molecule has 0 spiro atoms. The summed E-state index contributed by atoms with van der Waals surface area (Å²) in [6, 6.07) is 13.4. The van der Waals surface area contributed by atoms with E-state index in [2.05, 4.69) is 21.8 Å². The third-order valence-corrected chi connectivity index (χ3v) is 9.34. The van der Waals surface area contributed by atoms with Gasteiger partial charge in [0.05, 0.1) is 28.7 Å². The first-order valence-corrected chi connectivity index (χ1v) is 17.1. The second kappa shape index (κ2) is 19.2. The Morgan fingerprint density at radius 3 is 2.34 bits per heavy atom. The van der Waals surface area contributed by atoms with E-state index in [9.17, 15) is 9.59 Å². The van der Waals surface area contributed by atoms with E-state index in [1.807, 2.05) is 75.8 Å². The van der Waals surface area contributed by atoms with Crippen molar-refractivity contribution in [3.8, 4) is 16.9 Å². The molecule has 0 aliphatic heterocycles. The number of hydrogen-bond donors (Lipinski definition) is 4. The van der Waals surface area contributed by atoms with Gasteiger partial charge >= 0.3 is 0 Å². The van der Waals surface area contributed by atoms with Crippen LogP contribution in [0.5, 0.6) is 5.75 Å². The fraction of sp³-hybridized carbons (Fsp3) is 0.342. The van der Waals surface area contributed by atoms with Crippen molar-refractivity contribution >= 4 is 52.8 Å². The van der Waals surface area contributed by atoms with Crippen molar-refractivity contribution in [2.45, 2.75) is 47.0 Å². The molecule has 0 atom stereocenters. The van der Waals surface area contributed by atoms with Gasteiger partial charge in [0.2, 0.25) is 6.41 Å². The van der Waals surface area contributed by atoms with Gasteiger partial charge in [0, 0.05) is 67.3 Å². The number of aliphatic hydroxyl groups is 1. The van der Waals surface area contributed by atoms with Gasteiger partial charge in [0.15, 0.2) is 0 Å². The number of carbonyl (C=O) groups excluding carboxylic acids is 2. The molecule has 12 heteroatoms. The molecule has 3 aromatic carbocycles. The number of halogens is 2. The van der Waals surface area contributed by atoms with Crippen LogP contribution in [0.15, 0.2) is 48.5 Å². The molecule has 0 fully saturated rings. The second-order valence-corrected chi connectivity index (χ2v) is 12.6. The van der Waals surface area contributed by atoms with Crippen LogP contribution in [-0.4, -0.2) is 61.4 Å². The molecule has 1 amide bonds. The maximum Gasteiger partial charge on any atom is 0.207 e. The molecule has 0 aliphatic carbocycles. The summed E-state index contributed by atoms with van der Waals surface area (Å²) in [6.45, 7) is 9.30. The van der Waals surface area contributed by atoms with E-state index >= 15 is 0 Å². The Bertz CT molecular complexity index is 1800. The standard InChI is InChI=1S/C37H44Cl2N6O3.CH4O/c1-23-19-29(20-24(2)36(23)39)48-18-8-10-27(12-13-30-28(21-46)9-7-11-33(30)44(5)40)31-14-15-32(38)35(37(31)42-17-16-41-22-47)34-25(3)43-45(6)26(34)4;1-2/h7,9,11-12,14-15,19-22,42H,8,10,13,16-18,40H2,1-6H3,(H,41,47);2H,1H3/b27-12+;. The zero-order valence-electron chi connectivity index (χ0n) is 29.9. The number of amides is 1. The van der Waals surface area contributed by atoms with Crippen LogP contribution in [0.3, 0.4) is 0 Å². The minimum Gasteiger partial charge on any atom is -0.494 e. The van der Waals surface area contributed by atoms with Gasteiger partial charge in [-0.3, -0.25) is 14.3 Å². The lowest BCUT2D eigenvalue weighted by Crippen LogP contribution is -2.26. The van der Waals surface area contributed by atoms with Crippen LogP contribution in [-0.2, 0) is 18.3 Å². The summed E-state index contributed by atoms with van der Waals surface area (Å²) in [7, 11) is 4.67. The molecule has 0 unspecified atom stereocenters. The first-order chi connectivity index (χ1) is 24.0. The Hall–Kier alpha value is -4.35. The molecular weight excluding hydrogens is 675 g/mol. The lowest BCUT2D eigenvalue weighted by atomic mass is 9.91. The molecule has 0 bridgehead atoms. The number of hydrazine groups is 1. The molecular formula is C38H48Cl2N6O4. The average Bonchev–Trinajstić information content (AvgIpc) is 3.35. The van der Waals surface area contributed by atoms with Gasteiger partial charge in [-0.15, -0.1) is 0 Å². The van der Waals surface area contributed by atoms with Crippen LogP contribution in [0, 0.1) is 27.7 Å². The molecule has 1 aromatic heterocycles. The number of aldehydes is 1. The second-order valence-electron chi connectivity index (χ2n) is 11.8. The quantitative estimate of drug-likeness (QED) is 0.0420. The lowest BCUT2D eigenvalue weighted by molar-refractivity contribution is -0.109. The van der Waals surface area contributed by atoms with Gasteiger partial charge in [-0.1, -0.05) is 47.5 Å². The van der Waals surface area contributed by atoms with E-state index < -0.39 is 0 Å². The molecule has 5 N–H and O–H groups in total. The van der Waals surface area contributed by atoms with E-state index in [1.54, 1.807) is 13.1 Å². The number of rotatable bonds is 16. The third kappa shape index (κ3) is 9.66. The number of aliphatic hydroxyl groups excluding tert-OH is 1. The van der Waals surface area contributed by atoms with E-state index in [-0.39, 0.29) is 0 Å². The largest absolute Gasteiger partial charge is 0.494 e. The van der Waals surface area contributed by atoms with Crippen LogP contribution in [0.25, 0.3) is 16.7 Å². The summed E-state index contributed by atoms with van der Waals surface area (Å²) in [5.74, 6) is 6.96. The van der Waals surface area contributed by atoms with Crippen molar-refractivity contribution in [3.63, 3.8) is 0 Å². The highest BCUT2D eigenvalue weighted by Gasteiger charge is 2.22. The van der Waals surface area contributed by atoms with E-state index in [1.165, 1.54) is 5.01 Å². The molecule has 0 aliphatic rings. The highest BCUT2D eigenvalue weighted by molar-refractivity contribution is 6.34. The molecule has 268 valence electrons. The zero-order chi connectivity index (χ0) is 37.0. The van der Waals surface area contributed by atoms with Crippen molar-refractivity contribution in [3.05, 3.63) is 97.8 Å². The predicted octanol–water partition coefficient (Wildman–Crippen LogP) is 7.00. The minimum absolute atomic E-state index is 0.422. The first kappa shape index (κ1) is 40.1.